The molecule has 0 heterocycles. The maximum atomic E-state index is 9.70. The molecule has 0 aromatic heterocycles. The summed E-state index contributed by atoms with van der Waals surface area (Å²) in [5.41, 5.74) is 42.1. The number of aliphatic hydroxyl groups is 2. The van der Waals surface area contributed by atoms with Crippen LogP contribution in [0.15, 0.2) is 0 Å². The Hall–Kier alpha value is -0.360. The molecule has 7 aliphatic carbocycles. The van der Waals surface area contributed by atoms with Crippen LogP contribution in [0.4, 0.5) is 0 Å². The molecule has 0 aromatic carbocycles. The molecule has 7 saturated carbocycles. The fraction of sp³-hybridized carbons (Fsp3) is 1.00. The number of nitrogens with two attached hydrogens (primary N) is 7. The Balaban J connectivity index is 0.000000417. The molecule has 0 radical (unpaired) electrons. The van der Waals surface area contributed by atoms with Crippen molar-refractivity contribution in [1.29, 1.82) is 0 Å². The van der Waals surface area contributed by atoms with Gasteiger partial charge in [-0.25, -0.2) is 0 Å². The second kappa shape index (κ2) is 33.0. The lowest BCUT2D eigenvalue weighted by molar-refractivity contribution is 0.0106. The minimum atomic E-state index is -0.293. The van der Waals surface area contributed by atoms with Gasteiger partial charge in [0.1, 0.15) is 0 Å². The maximum absolute atomic E-state index is 9.70. The monoisotopic (exact) mass is 1010 g/mol. The Morgan fingerprint density at radius 2 is 0.592 bits per heavy atom. The van der Waals surface area contributed by atoms with E-state index < -0.39 is 0 Å². The minimum absolute atomic E-state index is 0.0127. The largest absolute Gasteiger partial charge is 0.391 e. The molecular weight excluding hydrogens is 875 g/mol. The lowest BCUT2D eigenvalue weighted by Gasteiger charge is -2.42. The molecule has 0 bridgehead atoms. The SMILES string of the molecule is CC(C)(C)C1CCC[C@H](N)C1.C[C@@H]1CC(N)C[C@H](C)C1.C[C@@H]1CCC[C@H](N)C1.C[C@H]1CC(C(C)(C)C)C[C@@H](N)C1.C[C@H]1CC(C(C)(C)C)C[C@@H](N)[C@@H]1O.C[C@H]1CCC[C@H](N)C1.C[C@H]1C[C@@H](N)[C@H](O)[C@@H](C)C1. The molecule has 0 amide bonds. The number of hydrogen-bond donors (Lipinski definition) is 9. The fourth-order valence-electron chi connectivity index (χ4n) is 13.5. The van der Waals surface area contributed by atoms with Crippen LogP contribution in [0, 0.1) is 81.3 Å². The summed E-state index contributed by atoms with van der Waals surface area (Å²) in [5, 5.41) is 19.1. The van der Waals surface area contributed by atoms with E-state index in [1.807, 2.05) is 0 Å². The van der Waals surface area contributed by atoms with Crippen LogP contribution in [-0.4, -0.2) is 64.7 Å². The number of hydrogen-bond acceptors (Lipinski definition) is 9. The first-order valence-electron chi connectivity index (χ1n) is 30.2. The molecule has 0 spiro atoms. The predicted octanol–water partition coefficient (Wildman–Crippen LogP) is 12.7. The highest BCUT2D eigenvalue weighted by atomic mass is 16.3. The second-order valence-electron chi connectivity index (χ2n) is 29.7. The molecule has 0 saturated heterocycles. The van der Waals surface area contributed by atoms with E-state index >= 15 is 0 Å². The average molecular weight is 1010 g/mol. The first kappa shape index (κ1) is 68.7. The van der Waals surface area contributed by atoms with Crippen molar-refractivity contribution in [3.05, 3.63) is 0 Å². The molecule has 0 aromatic rings. The van der Waals surface area contributed by atoms with E-state index in [0.717, 1.165) is 67.1 Å². The molecule has 9 nitrogen and oxygen atoms in total. The summed E-state index contributed by atoms with van der Waals surface area (Å²) in [4.78, 5) is 0. The Bertz CT molecular complexity index is 1250. The van der Waals surface area contributed by atoms with Crippen LogP contribution in [0.2, 0.25) is 0 Å². The molecule has 7 aliphatic rings. The van der Waals surface area contributed by atoms with Gasteiger partial charge in [0.05, 0.1) is 12.2 Å². The van der Waals surface area contributed by atoms with Crippen molar-refractivity contribution >= 4 is 0 Å². The fourth-order valence-corrected chi connectivity index (χ4v) is 13.5. The molecule has 71 heavy (non-hydrogen) atoms. The van der Waals surface area contributed by atoms with Crippen molar-refractivity contribution in [1.82, 2.24) is 0 Å². The smallest absolute Gasteiger partial charge is 0.0716 e. The van der Waals surface area contributed by atoms with Crippen molar-refractivity contribution in [3.8, 4) is 0 Å². The summed E-state index contributed by atoms with van der Waals surface area (Å²) < 4.78 is 0. The van der Waals surface area contributed by atoms with Gasteiger partial charge in [0, 0.05) is 42.3 Å². The van der Waals surface area contributed by atoms with Gasteiger partial charge >= 0.3 is 0 Å². The van der Waals surface area contributed by atoms with E-state index in [0.29, 0.717) is 70.1 Å². The first-order chi connectivity index (χ1) is 32.6. The summed E-state index contributed by atoms with van der Waals surface area (Å²) in [6, 6.07) is 2.44. The zero-order chi connectivity index (χ0) is 54.6. The molecule has 7 fully saturated rings. The van der Waals surface area contributed by atoms with Crippen molar-refractivity contribution in [3.63, 3.8) is 0 Å². The van der Waals surface area contributed by atoms with Crippen LogP contribution >= 0.6 is 0 Å². The van der Waals surface area contributed by atoms with Crippen molar-refractivity contribution < 1.29 is 10.2 Å². The van der Waals surface area contributed by atoms with Crippen molar-refractivity contribution in [2.45, 2.75) is 313 Å². The third-order valence-electron chi connectivity index (χ3n) is 18.2. The molecule has 16 N–H and O–H groups in total. The van der Waals surface area contributed by atoms with Gasteiger partial charge in [0.25, 0.3) is 0 Å². The summed E-state index contributed by atoms with van der Waals surface area (Å²) >= 11 is 0. The van der Waals surface area contributed by atoms with Gasteiger partial charge in [-0.05, 0) is 190 Å². The highest BCUT2D eigenvalue weighted by Gasteiger charge is 2.38. The molecule has 9 heteroatoms. The summed E-state index contributed by atoms with van der Waals surface area (Å²) in [6.45, 7) is 38.7. The van der Waals surface area contributed by atoms with Gasteiger partial charge in [-0.1, -0.05) is 150 Å². The average Bonchev–Trinajstić information content (AvgIpc) is 3.21. The molecule has 0 aliphatic heterocycles. The van der Waals surface area contributed by atoms with Crippen LogP contribution in [0.5, 0.6) is 0 Å². The molecular formula is C62H131N7O2. The summed E-state index contributed by atoms with van der Waals surface area (Å²) in [6.07, 6.45) is 27.0. The number of rotatable bonds is 0. The summed E-state index contributed by atoms with van der Waals surface area (Å²) in [7, 11) is 0. The third-order valence-corrected chi connectivity index (χ3v) is 18.2. The maximum Gasteiger partial charge on any atom is 0.0716 e. The van der Waals surface area contributed by atoms with Crippen LogP contribution < -0.4 is 40.1 Å². The Morgan fingerprint density at radius 1 is 0.282 bits per heavy atom. The second-order valence-corrected chi connectivity index (χ2v) is 29.7. The van der Waals surface area contributed by atoms with Gasteiger partial charge < -0.3 is 50.3 Å². The normalized spacial score (nSPS) is 41.0. The Morgan fingerprint density at radius 3 is 0.901 bits per heavy atom. The quantitative estimate of drug-likeness (QED) is 0.112. The third kappa shape index (κ3) is 29.7. The zero-order valence-electron chi connectivity index (χ0n) is 50.5. The van der Waals surface area contributed by atoms with E-state index in [2.05, 4.69) is 118 Å². The first-order valence-corrected chi connectivity index (χ1v) is 30.2. The van der Waals surface area contributed by atoms with Crippen LogP contribution in [0.1, 0.15) is 259 Å². The van der Waals surface area contributed by atoms with Crippen molar-refractivity contribution in [2.24, 2.45) is 121 Å². The van der Waals surface area contributed by atoms with E-state index in [9.17, 15) is 10.2 Å². The standard InChI is InChI=1S/C11H23NO.C11H23N.C10H21N.C8H17NO.C8H17N.2C7H15N/c1-7-5-8(11(2,3)4)6-9(12)10(7)13;1-8-5-9(11(2,3)4)7-10(12)6-8;1-10(2,3)8-5-4-6-9(11)7-8;1-5-3-6(2)8(10)7(9)4-5;1-6-3-7(2)5-8(9)4-6;2*1-6-3-2-4-7(8)5-6/h7-10,13H,5-6,12H2,1-4H3;8-10H,5-7,12H2,1-4H3;8-9H,4-7,11H2,1-3H3;5-8,10H,3-4,9H2,1-2H3;6-8H,3-5,9H2,1-2H3;2*6-7H,2-5,8H2,1H3/t7-,8?,9+,10+;8-,9?,10-;8?,9-;5-,6+,7-,8-;6-,7+,8?;6-,7+;6-,7-/m0001.10/s1. The van der Waals surface area contributed by atoms with Gasteiger partial charge in [-0.2, -0.15) is 0 Å². The van der Waals surface area contributed by atoms with E-state index in [1.165, 1.54) is 116 Å². The molecule has 4 unspecified atom stereocenters. The summed E-state index contributed by atoms with van der Waals surface area (Å²) in [5.74, 6) is 8.10. The van der Waals surface area contributed by atoms with Gasteiger partial charge in [-0.15, -0.1) is 0 Å². The lowest BCUT2D eigenvalue weighted by atomic mass is 9.67. The van der Waals surface area contributed by atoms with Gasteiger partial charge in [0.2, 0.25) is 0 Å². The number of aliphatic hydroxyl groups excluding tert-OH is 2. The van der Waals surface area contributed by atoms with Crippen molar-refractivity contribution in [2.75, 3.05) is 0 Å². The minimum Gasteiger partial charge on any atom is -0.391 e. The highest BCUT2D eigenvalue weighted by Crippen LogP contribution is 2.41. The predicted molar refractivity (Wildman–Crippen MR) is 312 cm³/mol. The van der Waals surface area contributed by atoms with Crippen LogP contribution in [0.25, 0.3) is 0 Å². The van der Waals surface area contributed by atoms with E-state index in [4.69, 9.17) is 40.1 Å². The molecule has 20 atom stereocenters. The topological polar surface area (TPSA) is 223 Å². The molecule has 426 valence electrons. The van der Waals surface area contributed by atoms with Gasteiger partial charge in [-0.3, -0.25) is 0 Å². The lowest BCUT2D eigenvalue weighted by Crippen LogP contribution is -2.47. The zero-order valence-corrected chi connectivity index (χ0v) is 50.5. The van der Waals surface area contributed by atoms with Gasteiger partial charge in [0.15, 0.2) is 0 Å². The van der Waals surface area contributed by atoms with E-state index in [-0.39, 0.29) is 24.3 Å². The highest BCUT2D eigenvalue weighted by molar-refractivity contribution is 4.91. The van der Waals surface area contributed by atoms with E-state index in [1.54, 1.807) is 0 Å². The van der Waals surface area contributed by atoms with Crippen LogP contribution in [0.3, 0.4) is 0 Å². The Labute approximate surface area is 443 Å². The Kier molecular flexibility index (Phi) is 32.0. The molecule has 7 rings (SSSR count). The van der Waals surface area contributed by atoms with Crippen LogP contribution in [-0.2, 0) is 0 Å².